The Kier molecular flexibility index (Phi) is 8.21. The van der Waals surface area contributed by atoms with Gasteiger partial charge >= 0.3 is 0 Å². The lowest BCUT2D eigenvalue weighted by atomic mass is 9.54. The van der Waals surface area contributed by atoms with Crippen LogP contribution in [0.1, 0.15) is 40.5 Å². The molecule has 0 saturated heterocycles. The zero-order chi connectivity index (χ0) is 18.7. The van der Waals surface area contributed by atoms with Crippen molar-refractivity contribution in [1.29, 1.82) is 0 Å². The summed E-state index contributed by atoms with van der Waals surface area (Å²) < 4.78 is 11.6. The smallest absolute Gasteiger partial charge is 0.240 e. The standard InChI is InChI=1S/C19H29ClN2O3.ClH/c1-5-13(25-15-10-8-7-9-14(15)20)12-22-17(23)19(21)11-16(24-6-2)18(19,3)4;/h7-10,13,16H,5-6,11-12,21H2,1-4H3,(H,22,23);1H. The molecule has 0 heterocycles. The minimum absolute atomic E-state index is 0. The van der Waals surface area contributed by atoms with Crippen LogP contribution in [-0.2, 0) is 9.53 Å². The molecule has 1 aliphatic rings. The molecule has 0 aromatic heterocycles. The number of rotatable bonds is 8. The lowest BCUT2D eigenvalue weighted by molar-refractivity contribution is -0.170. The predicted molar refractivity (Wildman–Crippen MR) is 107 cm³/mol. The van der Waals surface area contributed by atoms with E-state index in [1.165, 1.54) is 0 Å². The fourth-order valence-electron chi connectivity index (χ4n) is 3.17. The zero-order valence-electron chi connectivity index (χ0n) is 15.9. The molecule has 26 heavy (non-hydrogen) atoms. The van der Waals surface area contributed by atoms with Crippen molar-refractivity contribution >= 4 is 29.9 Å². The highest BCUT2D eigenvalue weighted by molar-refractivity contribution is 6.32. The molecule has 2 rings (SSSR count). The van der Waals surface area contributed by atoms with Gasteiger partial charge in [-0.15, -0.1) is 12.4 Å². The molecule has 0 aliphatic heterocycles. The summed E-state index contributed by atoms with van der Waals surface area (Å²) in [6.45, 7) is 8.92. The van der Waals surface area contributed by atoms with Gasteiger partial charge in [0.2, 0.25) is 5.91 Å². The Hall–Kier alpha value is -1.01. The molecule has 3 atom stereocenters. The summed E-state index contributed by atoms with van der Waals surface area (Å²) in [5, 5.41) is 3.50. The van der Waals surface area contributed by atoms with Gasteiger partial charge in [0, 0.05) is 18.4 Å². The molecule has 1 amide bonds. The zero-order valence-corrected chi connectivity index (χ0v) is 17.5. The van der Waals surface area contributed by atoms with Gasteiger partial charge < -0.3 is 20.5 Å². The van der Waals surface area contributed by atoms with E-state index in [4.69, 9.17) is 26.8 Å². The Morgan fingerprint density at radius 3 is 2.58 bits per heavy atom. The van der Waals surface area contributed by atoms with E-state index >= 15 is 0 Å². The molecular formula is C19H30Cl2N2O3. The monoisotopic (exact) mass is 404 g/mol. The highest BCUT2D eigenvalue weighted by Gasteiger charge is 2.62. The van der Waals surface area contributed by atoms with Crippen molar-refractivity contribution in [2.45, 2.75) is 58.3 Å². The molecule has 1 saturated carbocycles. The van der Waals surface area contributed by atoms with Crippen LogP contribution in [0.4, 0.5) is 0 Å². The Morgan fingerprint density at radius 2 is 2.04 bits per heavy atom. The summed E-state index contributed by atoms with van der Waals surface area (Å²) in [5.74, 6) is 0.461. The van der Waals surface area contributed by atoms with Crippen molar-refractivity contribution in [2.24, 2.45) is 11.1 Å². The molecular weight excluding hydrogens is 375 g/mol. The quantitative estimate of drug-likeness (QED) is 0.694. The average Bonchev–Trinajstić information content (AvgIpc) is 2.59. The van der Waals surface area contributed by atoms with Crippen LogP contribution in [-0.4, -0.2) is 36.8 Å². The fraction of sp³-hybridized carbons (Fsp3) is 0.632. The third kappa shape index (κ3) is 4.45. The Bertz CT molecular complexity index is 612. The van der Waals surface area contributed by atoms with Crippen molar-refractivity contribution in [2.75, 3.05) is 13.2 Å². The Balaban J connectivity index is 0.00000338. The first-order chi connectivity index (χ1) is 11.8. The van der Waals surface area contributed by atoms with Crippen molar-refractivity contribution in [3.05, 3.63) is 29.3 Å². The lowest BCUT2D eigenvalue weighted by Gasteiger charge is -2.57. The van der Waals surface area contributed by atoms with Crippen LogP contribution in [0.15, 0.2) is 24.3 Å². The first-order valence-electron chi connectivity index (χ1n) is 8.86. The number of nitrogens with one attached hydrogen (secondary N) is 1. The molecule has 1 aromatic carbocycles. The largest absolute Gasteiger partial charge is 0.487 e. The normalized spacial score (nSPS) is 24.8. The first kappa shape index (κ1) is 23.0. The maximum atomic E-state index is 12.7. The van der Waals surface area contributed by atoms with E-state index in [1.54, 1.807) is 6.07 Å². The second-order valence-corrected chi connectivity index (χ2v) is 7.54. The highest BCUT2D eigenvalue weighted by atomic mass is 35.5. The van der Waals surface area contributed by atoms with Gasteiger partial charge in [-0.1, -0.05) is 44.5 Å². The summed E-state index contributed by atoms with van der Waals surface area (Å²) >= 11 is 6.13. The average molecular weight is 405 g/mol. The van der Waals surface area contributed by atoms with Crippen LogP contribution < -0.4 is 15.8 Å². The van der Waals surface area contributed by atoms with E-state index in [-0.39, 0.29) is 30.5 Å². The van der Waals surface area contributed by atoms with Gasteiger partial charge in [0.05, 0.1) is 17.7 Å². The van der Waals surface area contributed by atoms with Gasteiger partial charge in [-0.2, -0.15) is 0 Å². The molecule has 3 N–H and O–H groups in total. The summed E-state index contributed by atoms with van der Waals surface area (Å²) in [7, 11) is 0. The minimum atomic E-state index is -0.921. The molecule has 1 fully saturated rings. The number of hydrogen-bond acceptors (Lipinski definition) is 4. The van der Waals surface area contributed by atoms with Crippen LogP contribution in [0.25, 0.3) is 0 Å². The molecule has 0 spiro atoms. The van der Waals surface area contributed by atoms with Gasteiger partial charge in [-0.05, 0) is 25.5 Å². The van der Waals surface area contributed by atoms with Gasteiger partial charge in [-0.3, -0.25) is 4.79 Å². The third-order valence-corrected chi connectivity index (χ3v) is 5.62. The molecule has 5 nitrogen and oxygen atoms in total. The molecule has 1 aromatic rings. The van der Waals surface area contributed by atoms with E-state index in [0.717, 1.165) is 6.42 Å². The van der Waals surface area contributed by atoms with Gasteiger partial charge in [0.25, 0.3) is 0 Å². The van der Waals surface area contributed by atoms with Gasteiger partial charge in [0.1, 0.15) is 17.4 Å². The molecule has 148 valence electrons. The Morgan fingerprint density at radius 1 is 1.38 bits per heavy atom. The van der Waals surface area contributed by atoms with E-state index in [0.29, 0.717) is 30.3 Å². The van der Waals surface area contributed by atoms with Crippen LogP contribution in [0, 0.1) is 5.41 Å². The topological polar surface area (TPSA) is 73.6 Å². The van der Waals surface area contributed by atoms with Crippen molar-refractivity contribution in [1.82, 2.24) is 5.32 Å². The van der Waals surface area contributed by atoms with Gasteiger partial charge in [0.15, 0.2) is 0 Å². The van der Waals surface area contributed by atoms with Gasteiger partial charge in [-0.25, -0.2) is 0 Å². The van der Waals surface area contributed by atoms with Crippen LogP contribution in [0.2, 0.25) is 5.02 Å². The SMILES string of the molecule is CCOC1CC(N)(C(=O)NCC(CC)Oc2ccccc2Cl)C1(C)C.Cl. The molecule has 7 heteroatoms. The number of ether oxygens (including phenoxy) is 2. The van der Waals surface area contributed by atoms with Crippen LogP contribution >= 0.6 is 24.0 Å². The summed E-state index contributed by atoms with van der Waals surface area (Å²) in [6, 6.07) is 7.32. The van der Waals surface area contributed by atoms with E-state index in [9.17, 15) is 4.79 Å². The number of carbonyl (C=O) groups excluding carboxylic acids is 1. The minimum Gasteiger partial charge on any atom is -0.487 e. The van der Waals surface area contributed by atoms with E-state index in [2.05, 4.69) is 5.32 Å². The number of nitrogens with two attached hydrogens (primary N) is 1. The van der Waals surface area contributed by atoms with E-state index < -0.39 is 11.0 Å². The molecule has 0 bridgehead atoms. The summed E-state index contributed by atoms with van der Waals surface area (Å²) in [6.07, 6.45) is 1.11. The summed E-state index contributed by atoms with van der Waals surface area (Å²) in [4.78, 5) is 12.7. The number of benzene rings is 1. The van der Waals surface area contributed by atoms with Crippen molar-refractivity contribution in [3.8, 4) is 5.75 Å². The van der Waals surface area contributed by atoms with E-state index in [1.807, 2.05) is 45.9 Å². The van der Waals surface area contributed by atoms with Crippen LogP contribution in [0.3, 0.4) is 0 Å². The number of para-hydroxylation sites is 1. The molecule has 0 radical (unpaired) electrons. The maximum Gasteiger partial charge on any atom is 0.240 e. The second-order valence-electron chi connectivity index (χ2n) is 7.13. The first-order valence-corrected chi connectivity index (χ1v) is 9.24. The number of amides is 1. The van der Waals surface area contributed by atoms with Crippen molar-refractivity contribution < 1.29 is 14.3 Å². The molecule has 3 unspecified atom stereocenters. The fourth-order valence-corrected chi connectivity index (χ4v) is 3.35. The number of carbonyl (C=O) groups is 1. The molecule has 1 aliphatic carbocycles. The maximum absolute atomic E-state index is 12.7. The lowest BCUT2D eigenvalue weighted by Crippen LogP contribution is -2.76. The number of hydrogen-bond donors (Lipinski definition) is 2. The van der Waals surface area contributed by atoms with Crippen LogP contribution in [0.5, 0.6) is 5.75 Å². The summed E-state index contributed by atoms with van der Waals surface area (Å²) in [5.41, 5.74) is 5.07. The second kappa shape index (κ2) is 9.27. The predicted octanol–water partition coefficient (Wildman–Crippen LogP) is 3.57. The Labute approximate surface area is 167 Å². The third-order valence-electron chi connectivity index (χ3n) is 5.31. The highest BCUT2D eigenvalue weighted by Crippen LogP contribution is 2.49. The van der Waals surface area contributed by atoms with Crippen molar-refractivity contribution in [3.63, 3.8) is 0 Å². The number of halogens is 2.